The second-order valence-electron chi connectivity index (χ2n) is 6.81. The number of amides is 1. The molecule has 3 N–H and O–H groups in total. The first-order valence-corrected chi connectivity index (χ1v) is 9.44. The van der Waals surface area contributed by atoms with E-state index in [1.165, 1.54) is 6.07 Å². The highest BCUT2D eigenvalue weighted by Crippen LogP contribution is 2.22. The molecule has 144 valence electrons. The fourth-order valence-electron chi connectivity index (χ4n) is 3.33. The number of benzene rings is 2. The average molecular weight is 370 g/mol. The summed E-state index contributed by atoms with van der Waals surface area (Å²) in [6.45, 7) is 6.88. The molecule has 2 aromatic carbocycles. The quantitative estimate of drug-likeness (QED) is 0.820. The molecule has 0 radical (unpaired) electrons. The van der Waals surface area contributed by atoms with Gasteiger partial charge in [0.05, 0.1) is 5.69 Å². The number of nitrogens with one attached hydrogen (secondary N) is 1. The standard InChI is InChI=1S/C21H27FN4O/c1-2-25-10-12-26(13-11-25)20-9-8-17(14-18(20)22)21(27)24-15-19(23)16-6-4-3-5-7-16/h3-9,14,19H,2,10-13,15,23H2,1H3,(H,24,27). The molecular formula is C21H27FN4O. The SMILES string of the molecule is CCN1CCN(c2ccc(C(=O)NCC(N)c3ccccc3)cc2F)CC1. The molecule has 27 heavy (non-hydrogen) atoms. The molecule has 0 aliphatic carbocycles. The summed E-state index contributed by atoms with van der Waals surface area (Å²) in [6, 6.07) is 14.0. The molecule has 1 aliphatic heterocycles. The summed E-state index contributed by atoms with van der Waals surface area (Å²) in [7, 11) is 0. The fraction of sp³-hybridized carbons (Fsp3) is 0.381. The van der Waals surface area contributed by atoms with E-state index in [9.17, 15) is 9.18 Å². The molecule has 1 fully saturated rings. The molecule has 0 aromatic heterocycles. The fourth-order valence-corrected chi connectivity index (χ4v) is 3.33. The number of nitrogens with two attached hydrogens (primary N) is 1. The number of nitrogens with zero attached hydrogens (tertiary/aromatic N) is 2. The third-order valence-electron chi connectivity index (χ3n) is 5.08. The van der Waals surface area contributed by atoms with Crippen LogP contribution in [0.15, 0.2) is 48.5 Å². The van der Waals surface area contributed by atoms with Gasteiger partial charge in [-0.05, 0) is 30.3 Å². The highest BCUT2D eigenvalue weighted by Gasteiger charge is 2.19. The van der Waals surface area contributed by atoms with Gasteiger partial charge >= 0.3 is 0 Å². The Morgan fingerprint density at radius 2 is 1.85 bits per heavy atom. The predicted molar refractivity (Wildman–Crippen MR) is 106 cm³/mol. The third-order valence-corrected chi connectivity index (χ3v) is 5.08. The largest absolute Gasteiger partial charge is 0.367 e. The maximum Gasteiger partial charge on any atom is 0.251 e. The van der Waals surface area contributed by atoms with Crippen LogP contribution in [0.2, 0.25) is 0 Å². The van der Waals surface area contributed by atoms with Crippen molar-refractivity contribution in [2.75, 3.05) is 44.2 Å². The molecule has 0 spiro atoms. The van der Waals surface area contributed by atoms with Crippen LogP contribution in [0.4, 0.5) is 10.1 Å². The summed E-state index contributed by atoms with van der Waals surface area (Å²) in [5.74, 6) is -0.678. The van der Waals surface area contributed by atoms with Crippen molar-refractivity contribution >= 4 is 11.6 Å². The summed E-state index contributed by atoms with van der Waals surface area (Å²) < 4.78 is 14.6. The predicted octanol–water partition coefficient (Wildman–Crippen LogP) is 2.40. The number of hydrogen-bond acceptors (Lipinski definition) is 4. The highest BCUT2D eigenvalue weighted by atomic mass is 19.1. The Labute approximate surface area is 160 Å². The molecule has 1 atom stereocenters. The molecule has 0 bridgehead atoms. The second kappa shape index (κ2) is 8.97. The van der Waals surface area contributed by atoms with E-state index in [2.05, 4.69) is 17.1 Å². The number of rotatable bonds is 6. The van der Waals surface area contributed by atoms with Crippen molar-refractivity contribution < 1.29 is 9.18 Å². The van der Waals surface area contributed by atoms with Crippen LogP contribution in [-0.2, 0) is 0 Å². The number of anilines is 1. The lowest BCUT2D eigenvalue weighted by Gasteiger charge is -2.35. The normalized spacial score (nSPS) is 16.2. The maximum absolute atomic E-state index is 14.6. The second-order valence-corrected chi connectivity index (χ2v) is 6.81. The third kappa shape index (κ3) is 4.84. The van der Waals surface area contributed by atoms with E-state index in [0.717, 1.165) is 38.3 Å². The van der Waals surface area contributed by atoms with Crippen LogP contribution in [0, 0.1) is 5.82 Å². The van der Waals surface area contributed by atoms with Gasteiger partial charge in [0.2, 0.25) is 0 Å². The van der Waals surface area contributed by atoms with E-state index in [0.29, 0.717) is 17.8 Å². The summed E-state index contributed by atoms with van der Waals surface area (Å²) >= 11 is 0. The van der Waals surface area contributed by atoms with Crippen molar-refractivity contribution in [1.82, 2.24) is 10.2 Å². The number of hydrogen-bond donors (Lipinski definition) is 2. The van der Waals surface area contributed by atoms with Gasteiger partial charge in [-0.2, -0.15) is 0 Å². The van der Waals surface area contributed by atoms with Gasteiger partial charge in [-0.3, -0.25) is 4.79 Å². The van der Waals surface area contributed by atoms with Gasteiger partial charge in [0.25, 0.3) is 5.91 Å². The van der Waals surface area contributed by atoms with Crippen LogP contribution in [-0.4, -0.2) is 50.1 Å². The molecule has 1 aliphatic rings. The monoisotopic (exact) mass is 370 g/mol. The Hall–Kier alpha value is -2.44. The first kappa shape index (κ1) is 19.3. The summed E-state index contributed by atoms with van der Waals surface area (Å²) in [5, 5.41) is 2.79. The lowest BCUT2D eigenvalue weighted by Crippen LogP contribution is -2.46. The topological polar surface area (TPSA) is 61.6 Å². The molecule has 1 heterocycles. The van der Waals surface area contributed by atoms with Crippen molar-refractivity contribution in [3.05, 3.63) is 65.5 Å². The first-order valence-electron chi connectivity index (χ1n) is 9.44. The van der Waals surface area contributed by atoms with Crippen molar-refractivity contribution in [3.63, 3.8) is 0 Å². The number of piperazine rings is 1. The molecule has 1 unspecified atom stereocenters. The van der Waals surface area contributed by atoms with E-state index < -0.39 is 0 Å². The van der Waals surface area contributed by atoms with E-state index in [1.54, 1.807) is 12.1 Å². The Bertz CT molecular complexity index is 760. The Kier molecular flexibility index (Phi) is 6.42. The zero-order valence-corrected chi connectivity index (χ0v) is 15.7. The van der Waals surface area contributed by atoms with Crippen LogP contribution < -0.4 is 16.0 Å². The van der Waals surface area contributed by atoms with E-state index in [-0.39, 0.29) is 17.8 Å². The van der Waals surface area contributed by atoms with E-state index in [1.807, 2.05) is 35.2 Å². The van der Waals surface area contributed by atoms with Gasteiger partial charge in [0.15, 0.2) is 0 Å². The smallest absolute Gasteiger partial charge is 0.251 e. The van der Waals surface area contributed by atoms with Crippen molar-refractivity contribution in [1.29, 1.82) is 0 Å². The van der Waals surface area contributed by atoms with Crippen LogP contribution in [0.25, 0.3) is 0 Å². The zero-order valence-electron chi connectivity index (χ0n) is 15.7. The first-order chi connectivity index (χ1) is 13.1. The Morgan fingerprint density at radius 1 is 1.15 bits per heavy atom. The van der Waals surface area contributed by atoms with Gasteiger partial charge in [-0.1, -0.05) is 37.3 Å². The summed E-state index contributed by atoms with van der Waals surface area (Å²) in [6.07, 6.45) is 0. The van der Waals surface area contributed by atoms with Gasteiger partial charge in [0.1, 0.15) is 5.82 Å². The average Bonchev–Trinajstić information content (AvgIpc) is 2.72. The van der Waals surface area contributed by atoms with Gasteiger partial charge in [0, 0.05) is 44.3 Å². The van der Waals surface area contributed by atoms with Crippen LogP contribution >= 0.6 is 0 Å². The molecule has 2 aromatic rings. The summed E-state index contributed by atoms with van der Waals surface area (Å²) in [4.78, 5) is 16.7. The van der Waals surface area contributed by atoms with E-state index >= 15 is 0 Å². The van der Waals surface area contributed by atoms with E-state index in [4.69, 9.17) is 5.73 Å². The number of halogens is 1. The molecule has 1 saturated heterocycles. The summed E-state index contributed by atoms with van der Waals surface area (Å²) in [5.41, 5.74) is 7.91. The minimum absolute atomic E-state index is 0.297. The number of likely N-dealkylation sites (N-methyl/N-ethyl adjacent to an activating group) is 1. The van der Waals surface area contributed by atoms with Crippen molar-refractivity contribution in [2.45, 2.75) is 13.0 Å². The highest BCUT2D eigenvalue weighted by molar-refractivity contribution is 5.94. The lowest BCUT2D eigenvalue weighted by molar-refractivity contribution is 0.0950. The van der Waals surface area contributed by atoms with Crippen molar-refractivity contribution in [3.8, 4) is 0 Å². The zero-order chi connectivity index (χ0) is 19.2. The number of carbonyl (C=O) groups excluding carboxylic acids is 1. The van der Waals surface area contributed by atoms with Gasteiger partial charge in [-0.15, -0.1) is 0 Å². The number of carbonyl (C=O) groups is 1. The van der Waals surface area contributed by atoms with Crippen LogP contribution in [0.3, 0.4) is 0 Å². The Morgan fingerprint density at radius 3 is 2.48 bits per heavy atom. The molecule has 0 saturated carbocycles. The molecule has 5 nitrogen and oxygen atoms in total. The molecule has 1 amide bonds. The van der Waals surface area contributed by atoms with Crippen LogP contribution in [0.1, 0.15) is 28.9 Å². The lowest BCUT2D eigenvalue weighted by atomic mass is 10.1. The van der Waals surface area contributed by atoms with Gasteiger partial charge < -0.3 is 20.9 Å². The molecule has 3 rings (SSSR count). The van der Waals surface area contributed by atoms with Gasteiger partial charge in [-0.25, -0.2) is 4.39 Å². The minimum atomic E-state index is -0.361. The van der Waals surface area contributed by atoms with Crippen LogP contribution in [0.5, 0.6) is 0 Å². The minimum Gasteiger partial charge on any atom is -0.367 e. The van der Waals surface area contributed by atoms with Crippen molar-refractivity contribution in [2.24, 2.45) is 5.73 Å². The maximum atomic E-state index is 14.6. The molecular weight excluding hydrogens is 343 g/mol. The Balaban J connectivity index is 1.59. The molecule has 6 heteroatoms.